The van der Waals surface area contributed by atoms with E-state index in [-0.39, 0.29) is 6.61 Å². The molecule has 2 rings (SSSR count). The molecule has 1 aromatic carbocycles. The van der Waals surface area contributed by atoms with Gasteiger partial charge in [0.25, 0.3) is 0 Å². The number of halogens is 1. The van der Waals surface area contributed by atoms with Crippen molar-refractivity contribution in [2.45, 2.75) is 6.42 Å². The van der Waals surface area contributed by atoms with Gasteiger partial charge in [-0.3, -0.25) is 0 Å². The van der Waals surface area contributed by atoms with E-state index >= 15 is 0 Å². The van der Waals surface area contributed by atoms with E-state index in [2.05, 4.69) is 5.32 Å². The first-order chi connectivity index (χ1) is 6.83. The highest BCUT2D eigenvalue weighted by atomic mass is 35.5. The molecule has 0 aliphatic carbocycles. The third kappa shape index (κ3) is 1.65. The Labute approximate surface area is 87.6 Å². The minimum absolute atomic E-state index is 0.0981. The number of hydrogen-bond acceptors (Lipinski definition) is 3. The molecule has 0 unspecified atom stereocenters. The van der Waals surface area contributed by atoms with E-state index in [0.29, 0.717) is 18.2 Å². The summed E-state index contributed by atoms with van der Waals surface area (Å²) in [5, 5.41) is 12.5. The first-order valence-electron chi connectivity index (χ1n) is 4.62. The lowest BCUT2D eigenvalue weighted by molar-refractivity contribution is 0.311. The van der Waals surface area contributed by atoms with Crippen molar-refractivity contribution in [3.05, 3.63) is 22.7 Å². The monoisotopic (exact) mass is 213 g/mol. The maximum atomic E-state index is 8.73. The Balaban J connectivity index is 2.31. The number of fused-ring (bicyclic) bond motifs is 1. The Morgan fingerprint density at radius 1 is 1.50 bits per heavy atom. The molecule has 0 fully saturated rings. The largest absolute Gasteiger partial charge is 0.493 e. The van der Waals surface area contributed by atoms with Gasteiger partial charge in [-0.15, -0.1) is 0 Å². The number of hydrogen-bond donors (Lipinski definition) is 2. The fourth-order valence-corrected chi connectivity index (χ4v) is 1.86. The second kappa shape index (κ2) is 4.07. The highest BCUT2D eigenvalue weighted by Gasteiger charge is 2.17. The highest BCUT2D eigenvalue weighted by Crippen LogP contribution is 2.36. The van der Waals surface area contributed by atoms with Crippen LogP contribution in [0.5, 0.6) is 5.75 Å². The van der Waals surface area contributed by atoms with Gasteiger partial charge in [-0.1, -0.05) is 11.6 Å². The van der Waals surface area contributed by atoms with E-state index in [0.717, 1.165) is 23.4 Å². The summed E-state index contributed by atoms with van der Waals surface area (Å²) in [6.07, 6.45) is 0.879. The van der Waals surface area contributed by atoms with Crippen LogP contribution in [0.1, 0.15) is 5.56 Å². The molecular formula is C10H12ClNO2. The molecule has 0 saturated carbocycles. The molecule has 0 atom stereocenters. The van der Waals surface area contributed by atoms with Gasteiger partial charge in [0.05, 0.1) is 23.9 Å². The van der Waals surface area contributed by atoms with Gasteiger partial charge in [0.2, 0.25) is 0 Å². The van der Waals surface area contributed by atoms with E-state index in [9.17, 15) is 0 Å². The van der Waals surface area contributed by atoms with Gasteiger partial charge in [0, 0.05) is 18.5 Å². The summed E-state index contributed by atoms with van der Waals surface area (Å²) in [4.78, 5) is 0. The predicted octanol–water partition coefficient (Wildman–Crippen LogP) is 1.68. The first-order valence-corrected chi connectivity index (χ1v) is 4.99. The van der Waals surface area contributed by atoms with Crippen molar-refractivity contribution < 1.29 is 9.84 Å². The van der Waals surface area contributed by atoms with Crippen LogP contribution in [0.25, 0.3) is 0 Å². The van der Waals surface area contributed by atoms with Gasteiger partial charge in [-0.05, 0) is 12.1 Å². The van der Waals surface area contributed by atoms with E-state index in [4.69, 9.17) is 21.4 Å². The quantitative estimate of drug-likeness (QED) is 0.803. The number of aliphatic hydroxyl groups is 1. The summed E-state index contributed by atoms with van der Waals surface area (Å²) in [6, 6.07) is 3.69. The van der Waals surface area contributed by atoms with Crippen LogP contribution >= 0.6 is 11.6 Å². The lowest BCUT2D eigenvalue weighted by atomic mass is 10.1. The molecule has 2 N–H and O–H groups in total. The fraction of sp³-hybridized carbons (Fsp3) is 0.400. The summed E-state index contributed by atoms with van der Waals surface area (Å²) < 4.78 is 5.41. The van der Waals surface area contributed by atoms with E-state index in [1.165, 1.54) is 0 Å². The zero-order chi connectivity index (χ0) is 9.97. The van der Waals surface area contributed by atoms with E-state index in [1.54, 1.807) is 0 Å². The minimum Gasteiger partial charge on any atom is -0.493 e. The van der Waals surface area contributed by atoms with Gasteiger partial charge in [-0.25, -0.2) is 0 Å². The molecule has 4 heteroatoms. The number of aliphatic hydroxyl groups excluding tert-OH is 1. The lowest BCUT2D eigenvalue weighted by Crippen LogP contribution is -2.07. The molecule has 1 heterocycles. The minimum atomic E-state index is 0.0981. The summed E-state index contributed by atoms with van der Waals surface area (Å²) in [5.74, 6) is 0.898. The van der Waals surface area contributed by atoms with Gasteiger partial charge < -0.3 is 15.2 Å². The zero-order valence-corrected chi connectivity index (χ0v) is 8.47. The average Bonchev–Trinajstić information content (AvgIpc) is 2.64. The average molecular weight is 214 g/mol. The highest BCUT2D eigenvalue weighted by molar-refractivity contribution is 6.33. The number of anilines is 1. The Kier molecular flexibility index (Phi) is 2.79. The summed E-state index contributed by atoms with van der Waals surface area (Å²) in [7, 11) is 0. The zero-order valence-electron chi connectivity index (χ0n) is 7.72. The number of ether oxygens (including phenoxy) is 1. The molecule has 0 saturated heterocycles. The number of nitrogens with one attached hydrogen (secondary N) is 1. The first kappa shape index (κ1) is 9.62. The number of rotatable bonds is 3. The Morgan fingerprint density at radius 2 is 2.36 bits per heavy atom. The predicted molar refractivity (Wildman–Crippen MR) is 56.2 cm³/mol. The van der Waals surface area contributed by atoms with Gasteiger partial charge in [0.15, 0.2) is 0 Å². The van der Waals surface area contributed by atoms with Crippen molar-refractivity contribution in [2.75, 3.05) is 25.1 Å². The molecule has 0 spiro atoms. The molecule has 3 nitrogen and oxygen atoms in total. The topological polar surface area (TPSA) is 41.5 Å². The van der Waals surface area contributed by atoms with Crippen LogP contribution in [0.4, 0.5) is 5.69 Å². The lowest BCUT2D eigenvalue weighted by Gasteiger charge is -2.10. The number of benzene rings is 1. The molecular weight excluding hydrogens is 202 g/mol. The standard InChI is InChI=1S/C10H12ClNO2/c11-8-1-2-9-7(3-6-14-9)10(8)12-4-5-13/h1-2,12-13H,3-6H2. The Hall–Kier alpha value is -0.930. The molecule has 0 aromatic heterocycles. The second-order valence-corrected chi connectivity index (χ2v) is 3.56. The van der Waals surface area contributed by atoms with Gasteiger partial charge in [-0.2, -0.15) is 0 Å². The van der Waals surface area contributed by atoms with Crippen LogP contribution in [0.3, 0.4) is 0 Å². The van der Waals surface area contributed by atoms with Crippen molar-refractivity contribution >= 4 is 17.3 Å². The maximum Gasteiger partial charge on any atom is 0.124 e. The van der Waals surface area contributed by atoms with Crippen molar-refractivity contribution in [3.8, 4) is 5.75 Å². The van der Waals surface area contributed by atoms with Crippen LogP contribution in [0.2, 0.25) is 5.02 Å². The van der Waals surface area contributed by atoms with Crippen molar-refractivity contribution in [3.63, 3.8) is 0 Å². The van der Waals surface area contributed by atoms with Crippen LogP contribution in [0.15, 0.2) is 12.1 Å². The van der Waals surface area contributed by atoms with Crippen LogP contribution in [-0.2, 0) is 6.42 Å². The molecule has 1 aliphatic heterocycles. The van der Waals surface area contributed by atoms with Crippen LogP contribution in [0, 0.1) is 0 Å². The van der Waals surface area contributed by atoms with E-state index < -0.39 is 0 Å². The normalized spacial score (nSPS) is 13.6. The Bertz CT molecular complexity index is 341. The maximum absolute atomic E-state index is 8.73. The van der Waals surface area contributed by atoms with E-state index in [1.807, 2.05) is 12.1 Å². The summed E-state index contributed by atoms with van der Waals surface area (Å²) >= 11 is 6.04. The van der Waals surface area contributed by atoms with Gasteiger partial charge in [0.1, 0.15) is 5.75 Å². The second-order valence-electron chi connectivity index (χ2n) is 3.15. The molecule has 14 heavy (non-hydrogen) atoms. The van der Waals surface area contributed by atoms with Crippen LogP contribution in [-0.4, -0.2) is 24.9 Å². The molecule has 1 aliphatic rings. The summed E-state index contributed by atoms with van der Waals surface area (Å²) in [6.45, 7) is 1.32. The third-order valence-corrected chi connectivity index (χ3v) is 2.56. The Morgan fingerprint density at radius 3 is 3.14 bits per heavy atom. The molecule has 76 valence electrons. The molecule has 0 bridgehead atoms. The van der Waals surface area contributed by atoms with Crippen molar-refractivity contribution in [1.29, 1.82) is 0 Å². The van der Waals surface area contributed by atoms with Crippen molar-refractivity contribution in [2.24, 2.45) is 0 Å². The molecule has 0 amide bonds. The van der Waals surface area contributed by atoms with Crippen LogP contribution < -0.4 is 10.1 Å². The third-order valence-electron chi connectivity index (χ3n) is 2.24. The smallest absolute Gasteiger partial charge is 0.124 e. The fourth-order valence-electron chi connectivity index (χ4n) is 1.62. The SMILES string of the molecule is OCCNc1c(Cl)ccc2c1CCO2. The van der Waals surface area contributed by atoms with Gasteiger partial charge >= 0.3 is 0 Å². The van der Waals surface area contributed by atoms with Crippen molar-refractivity contribution in [1.82, 2.24) is 0 Å². The molecule has 1 aromatic rings. The summed E-state index contributed by atoms with van der Waals surface area (Å²) in [5.41, 5.74) is 2.02. The molecule has 0 radical (unpaired) electrons.